The minimum atomic E-state index is -4.06. The number of ether oxygens (including phenoxy) is 1. The zero-order chi connectivity index (χ0) is 13.2. The molecule has 0 bridgehead atoms. The highest BCUT2D eigenvalue weighted by molar-refractivity contribution is 9.10. The number of carbonyl (C=O) groups is 1. The van der Waals surface area contributed by atoms with Crippen LogP contribution in [0.4, 0.5) is 0 Å². The largest absolute Gasteiger partial charge is 0.479 e. The van der Waals surface area contributed by atoms with Crippen LogP contribution in [0.5, 0.6) is 5.75 Å². The summed E-state index contributed by atoms with van der Waals surface area (Å²) in [6, 6.07) is 2.55. The molecule has 94 valence electrons. The number of carboxylic acids is 1. The highest BCUT2D eigenvalue weighted by Crippen LogP contribution is 2.34. The lowest BCUT2D eigenvalue weighted by Gasteiger charge is -2.10. The predicted octanol–water partition coefficient (Wildman–Crippen LogP) is 1.21. The van der Waals surface area contributed by atoms with Gasteiger partial charge in [-0.05, 0) is 12.1 Å². The first-order valence-electron chi connectivity index (χ1n) is 4.08. The van der Waals surface area contributed by atoms with Crippen molar-refractivity contribution >= 4 is 43.5 Å². The van der Waals surface area contributed by atoms with Gasteiger partial charge in [-0.25, -0.2) is 18.4 Å². The van der Waals surface area contributed by atoms with Crippen molar-refractivity contribution in [3.63, 3.8) is 0 Å². The molecule has 0 saturated heterocycles. The number of nitrogens with two attached hydrogens (primary N) is 1. The van der Waals surface area contributed by atoms with E-state index in [4.69, 9.17) is 26.6 Å². The van der Waals surface area contributed by atoms with Gasteiger partial charge in [0.1, 0.15) is 4.90 Å². The molecule has 0 amide bonds. The van der Waals surface area contributed by atoms with Crippen LogP contribution in [0.3, 0.4) is 0 Å². The van der Waals surface area contributed by atoms with Gasteiger partial charge in [-0.3, -0.25) is 0 Å². The quantitative estimate of drug-likeness (QED) is 0.854. The molecule has 3 N–H and O–H groups in total. The van der Waals surface area contributed by atoms with E-state index in [0.717, 1.165) is 0 Å². The molecule has 0 saturated carbocycles. The zero-order valence-corrected chi connectivity index (χ0v) is 11.3. The number of benzene rings is 1. The first-order valence-corrected chi connectivity index (χ1v) is 6.80. The minimum absolute atomic E-state index is 0.0512. The molecule has 0 unspecified atom stereocenters. The van der Waals surface area contributed by atoms with E-state index in [1.165, 1.54) is 12.1 Å². The van der Waals surface area contributed by atoms with Crippen LogP contribution in [0.25, 0.3) is 0 Å². The monoisotopic (exact) mass is 343 g/mol. The third-order valence-corrected chi connectivity index (χ3v) is 3.28. The second-order valence-corrected chi connectivity index (χ2v) is 5.80. The van der Waals surface area contributed by atoms with E-state index in [-0.39, 0.29) is 15.7 Å². The number of hydrogen-bond donors (Lipinski definition) is 2. The van der Waals surface area contributed by atoms with Gasteiger partial charge in [0.05, 0.1) is 5.02 Å². The Morgan fingerprint density at radius 3 is 2.59 bits per heavy atom. The maximum atomic E-state index is 11.3. The number of rotatable bonds is 4. The Bertz CT molecular complexity index is 559. The second-order valence-electron chi connectivity index (χ2n) is 2.94. The summed E-state index contributed by atoms with van der Waals surface area (Å²) in [5.74, 6) is -1.54. The van der Waals surface area contributed by atoms with E-state index in [2.05, 4.69) is 15.9 Å². The van der Waals surface area contributed by atoms with E-state index in [0.29, 0.717) is 4.47 Å². The standard InChI is InChI=1S/C8H7BrClNO5S/c9-4-1-5(10)8(16-3-7(12)13)6(2-4)17(11,14)15/h1-2H,3H2,(H,12,13)(H2,11,14,15). The van der Waals surface area contributed by atoms with Crippen LogP contribution in [-0.2, 0) is 14.8 Å². The van der Waals surface area contributed by atoms with E-state index >= 15 is 0 Å². The van der Waals surface area contributed by atoms with E-state index < -0.39 is 22.6 Å². The number of primary sulfonamides is 1. The number of carboxylic acid groups (broad SMARTS) is 1. The Morgan fingerprint density at radius 2 is 2.12 bits per heavy atom. The molecule has 1 aromatic carbocycles. The van der Waals surface area contributed by atoms with Crippen LogP contribution >= 0.6 is 27.5 Å². The summed E-state index contributed by atoms with van der Waals surface area (Å²) >= 11 is 8.80. The summed E-state index contributed by atoms with van der Waals surface area (Å²) < 4.78 is 27.7. The normalized spacial score (nSPS) is 11.2. The fraction of sp³-hybridized carbons (Fsp3) is 0.125. The number of aliphatic carboxylic acids is 1. The highest BCUT2D eigenvalue weighted by atomic mass is 79.9. The van der Waals surface area contributed by atoms with E-state index in [9.17, 15) is 13.2 Å². The fourth-order valence-corrected chi connectivity index (χ4v) is 2.81. The summed E-state index contributed by atoms with van der Waals surface area (Å²) in [4.78, 5) is 9.98. The van der Waals surface area contributed by atoms with Gasteiger partial charge in [0, 0.05) is 4.47 Å². The summed E-state index contributed by atoms with van der Waals surface area (Å²) in [6.07, 6.45) is 0. The zero-order valence-electron chi connectivity index (χ0n) is 8.18. The van der Waals surface area contributed by atoms with E-state index in [1.54, 1.807) is 0 Å². The van der Waals surface area contributed by atoms with Crippen molar-refractivity contribution in [2.75, 3.05) is 6.61 Å². The summed E-state index contributed by atoms with van der Waals surface area (Å²) in [5, 5.41) is 13.4. The van der Waals surface area contributed by atoms with Crippen LogP contribution in [-0.4, -0.2) is 26.1 Å². The molecular weight excluding hydrogens is 338 g/mol. The van der Waals surface area contributed by atoms with Gasteiger partial charge in [0.25, 0.3) is 0 Å². The van der Waals surface area contributed by atoms with E-state index in [1.807, 2.05) is 0 Å². The van der Waals surface area contributed by atoms with Gasteiger partial charge in [-0.1, -0.05) is 27.5 Å². The molecule has 0 spiro atoms. The third-order valence-electron chi connectivity index (χ3n) is 1.62. The minimum Gasteiger partial charge on any atom is -0.479 e. The van der Waals surface area contributed by atoms with Crippen LogP contribution in [0, 0.1) is 0 Å². The first-order chi connectivity index (χ1) is 7.71. The molecule has 0 heterocycles. The molecule has 0 aliphatic rings. The number of sulfonamides is 1. The van der Waals surface area contributed by atoms with Crippen molar-refractivity contribution in [3.05, 3.63) is 21.6 Å². The molecule has 0 fully saturated rings. The maximum absolute atomic E-state index is 11.3. The Kier molecular flexibility index (Phi) is 4.36. The van der Waals surface area contributed by atoms with Crippen molar-refractivity contribution in [3.8, 4) is 5.75 Å². The molecule has 0 aliphatic carbocycles. The first kappa shape index (κ1) is 14.2. The van der Waals surface area contributed by atoms with Crippen molar-refractivity contribution in [1.82, 2.24) is 0 Å². The molecule has 9 heteroatoms. The molecule has 17 heavy (non-hydrogen) atoms. The van der Waals surface area contributed by atoms with Crippen LogP contribution in [0.2, 0.25) is 5.02 Å². The Hall–Kier alpha value is -0.830. The van der Waals surface area contributed by atoms with Gasteiger partial charge in [-0.15, -0.1) is 0 Å². The number of halogens is 2. The summed E-state index contributed by atoms with van der Waals surface area (Å²) in [7, 11) is -4.06. The highest BCUT2D eigenvalue weighted by Gasteiger charge is 2.20. The Morgan fingerprint density at radius 1 is 1.53 bits per heavy atom. The smallest absolute Gasteiger partial charge is 0.341 e. The topological polar surface area (TPSA) is 107 Å². The molecule has 0 atom stereocenters. The SMILES string of the molecule is NS(=O)(=O)c1cc(Br)cc(Cl)c1OCC(=O)O. The number of hydrogen-bond acceptors (Lipinski definition) is 4. The summed E-state index contributed by atoms with van der Waals surface area (Å²) in [6.45, 7) is -0.718. The lowest BCUT2D eigenvalue weighted by atomic mass is 10.3. The molecule has 0 radical (unpaired) electrons. The average molecular weight is 345 g/mol. The van der Waals surface area contributed by atoms with Gasteiger partial charge in [0.2, 0.25) is 10.0 Å². The average Bonchev–Trinajstić information content (AvgIpc) is 2.13. The van der Waals surface area contributed by atoms with Gasteiger partial charge in [0.15, 0.2) is 12.4 Å². The van der Waals surface area contributed by atoms with Crippen LogP contribution in [0.15, 0.2) is 21.5 Å². The lowest BCUT2D eigenvalue weighted by Crippen LogP contribution is -2.16. The predicted molar refractivity (Wildman–Crippen MR) is 63.7 cm³/mol. The molecule has 0 aliphatic heterocycles. The Balaban J connectivity index is 3.31. The third kappa shape index (κ3) is 3.84. The van der Waals surface area contributed by atoms with Crippen molar-refractivity contribution in [2.24, 2.45) is 5.14 Å². The maximum Gasteiger partial charge on any atom is 0.341 e. The Labute approximate surface area is 111 Å². The molecule has 1 aromatic rings. The van der Waals surface area contributed by atoms with Crippen molar-refractivity contribution in [1.29, 1.82) is 0 Å². The summed E-state index contributed by atoms with van der Waals surface area (Å²) in [5.41, 5.74) is 0. The lowest BCUT2D eigenvalue weighted by molar-refractivity contribution is -0.139. The van der Waals surface area contributed by atoms with Crippen molar-refractivity contribution < 1.29 is 23.1 Å². The fourth-order valence-electron chi connectivity index (χ4n) is 1.02. The van der Waals surface area contributed by atoms with Gasteiger partial charge >= 0.3 is 5.97 Å². The van der Waals surface area contributed by atoms with Crippen molar-refractivity contribution in [2.45, 2.75) is 4.90 Å². The van der Waals surface area contributed by atoms with Gasteiger partial charge < -0.3 is 9.84 Å². The molecule has 0 aromatic heterocycles. The molecule has 1 rings (SSSR count). The van der Waals surface area contributed by atoms with Crippen LogP contribution < -0.4 is 9.88 Å². The van der Waals surface area contributed by atoms with Crippen LogP contribution in [0.1, 0.15) is 0 Å². The molecular formula is C8H7BrClNO5S. The van der Waals surface area contributed by atoms with Gasteiger partial charge in [-0.2, -0.15) is 0 Å². The molecule has 6 nitrogen and oxygen atoms in total. The second kappa shape index (κ2) is 5.21.